The molecule has 0 N–H and O–H groups in total. The molecule has 0 radical (unpaired) electrons. The van der Waals surface area contributed by atoms with E-state index in [1.165, 1.54) is 6.08 Å². The fourth-order valence-corrected chi connectivity index (χ4v) is 4.70. The quantitative estimate of drug-likeness (QED) is 0.776. The first-order valence-electron chi connectivity index (χ1n) is 7.30. The van der Waals surface area contributed by atoms with Gasteiger partial charge >= 0.3 is 0 Å². The summed E-state index contributed by atoms with van der Waals surface area (Å²) in [6.45, 7) is 0. The lowest BCUT2D eigenvalue weighted by Crippen LogP contribution is -2.29. The number of carbonyl (C=O) groups excluding carboxylic acids is 2. The van der Waals surface area contributed by atoms with E-state index in [-0.39, 0.29) is 16.6 Å². The van der Waals surface area contributed by atoms with Crippen molar-refractivity contribution in [3.05, 3.63) is 82.9 Å². The number of fused-ring (bicyclic) bond motifs is 1. The first kappa shape index (κ1) is 14.7. The van der Waals surface area contributed by atoms with Gasteiger partial charge in [-0.05, 0) is 11.1 Å². The summed E-state index contributed by atoms with van der Waals surface area (Å²) < 4.78 is 0. The number of rotatable bonds is 2. The minimum absolute atomic E-state index is 0.0370. The first-order valence-corrected chi connectivity index (χ1v) is 8.06. The fraction of sp³-hybridized carbons (Fsp3) is 0.158. The minimum Gasteiger partial charge on any atom is -0.293 e. The van der Waals surface area contributed by atoms with Gasteiger partial charge in [0, 0.05) is 6.08 Å². The zero-order chi connectivity index (χ0) is 16.2. The van der Waals surface area contributed by atoms with Gasteiger partial charge in [-0.1, -0.05) is 72.3 Å². The number of Topliss-reactive ketones (excluding diaryl/α,β-unsaturated/α-hetero) is 1. The summed E-state index contributed by atoms with van der Waals surface area (Å²) in [7, 11) is 0. The molecule has 0 spiro atoms. The minimum atomic E-state index is -1.30. The predicted octanol–water partition coefficient (Wildman–Crippen LogP) is 3.85. The molecule has 0 bridgehead atoms. The second kappa shape index (κ2) is 4.80. The van der Waals surface area contributed by atoms with Gasteiger partial charge in [-0.15, -0.1) is 11.6 Å². The molecule has 0 saturated heterocycles. The molecule has 2 aromatic carbocycles. The SMILES string of the molecule is O=C1C(Cl)=CC(=O)C2(Cl)C1C2(c1ccccc1)c1ccccc1. The van der Waals surface area contributed by atoms with Gasteiger partial charge in [-0.3, -0.25) is 9.59 Å². The molecular weight excluding hydrogens is 331 g/mol. The van der Waals surface area contributed by atoms with Crippen LogP contribution < -0.4 is 0 Å². The molecule has 0 amide bonds. The lowest BCUT2D eigenvalue weighted by molar-refractivity contribution is -0.121. The largest absolute Gasteiger partial charge is 0.293 e. The molecule has 23 heavy (non-hydrogen) atoms. The molecule has 114 valence electrons. The molecule has 0 aliphatic heterocycles. The zero-order valence-corrected chi connectivity index (χ0v) is 13.5. The number of benzene rings is 2. The number of allylic oxidation sites excluding steroid dienone is 2. The van der Waals surface area contributed by atoms with Crippen LogP contribution in [0, 0.1) is 5.92 Å². The van der Waals surface area contributed by atoms with Crippen molar-refractivity contribution in [2.75, 3.05) is 0 Å². The van der Waals surface area contributed by atoms with Crippen molar-refractivity contribution in [3.8, 4) is 0 Å². The maximum absolute atomic E-state index is 12.6. The van der Waals surface area contributed by atoms with Crippen LogP contribution in [0.3, 0.4) is 0 Å². The van der Waals surface area contributed by atoms with E-state index in [9.17, 15) is 9.59 Å². The topological polar surface area (TPSA) is 34.1 Å². The van der Waals surface area contributed by atoms with Gasteiger partial charge in [-0.25, -0.2) is 0 Å². The Bertz CT molecular complexity index is 803. The van der Waals surface area contributed by atoms with Crippen LogP contribution in [0.15, 0.2) is 71.8 Å². The van der Waals surface area contributed by atoms with E-state index in [2.05, 4.69) is 0 Å². The highest BCUT2D eigenvalue weighted by molar-refractivity contribution is 6.54. The smallest absolute Gasteiger partial charge is 0.180 e. The molecule has 0 aromatic heterocycles. The fourth-order valence-electron chi connectivity index (χ4n) is 3.90. The lowest BCUT2D eigenvalue weighted by Gasteiger charge is -2.21. The highest BCUT2D eigenvalue weighted by Crippen LogP contribution is 2.72. The summed E-state index contributed by atoms with van der Waals surface area (Å²) in [6.07, 6.45) is 1.17. The molecule has 2 nitrogen and oxygen atoms in total. The van der Waals surface area contributed by atoms with E-state index in [1.54, 1.807) is 0 Å². The summed E-state index contributed by atoms with van der Waals surface area (Å²) in [6, 6.07) is 18.9. The van der Waals surface area contributed by atoms with Crippen molar-refractivity contribution < 1.29 is 9.59 Å². The zero-order valence-electron chi connectivity index (χ0n) is 12.0. The summed E-state index contributed by atoms with van der Waals surface area (Å²) >= 11 is 12.8. The maximum atomic E-state index is 12.6. The normalized spacial score (nSPS) is 28.1. The van der Waals surface area contributed by atoms with E-state index in [0.717, 1.165) is 11.1 Å². The molecule has 2 aromatic rings. The molecule has 1 fully saturated rings. The van der Waals surface area contributed by atoms with E-state index in [4.69, 9.17) is 23.2 Å². The van der Waals surface area contributed by atoms with Gasteiger partial charge in [0.15, 0.2) is 11.6 Å². The van der Waals surface area contributed by atoms with Gasteiger partial charge < -0.3 is 0 Å². The van der Waals surface area contributed by atoms with Crippen molar-refractivity contribution in [3.63, 3.8) is 0 Å². The number of hydrogen-bond acceptors (Lipinski definition) is 2. The summed E-state index contributed by atoms with van der Waals surface area (Å²) in [5.41, 5.74) is 0.832. The second-order valence-electron chi connectivity index (χ2n) is 5.91. The number of halogens is 2. The van der Waals surface area contributed by atoms with Gasteiger partial charge in [0.1, 0.15) is 4.87 Å². The first-order chi connectivity index (χ1) is 11.0. The van der Waals surface area contributed by atoms with Crippen LogP contribution >= 0.6 is 23.2 Å². The van der Waals surface area contributed by atoms with E-state index in [1.807, 2.05) is 60.7 Å². The van der Waals surface area contributed by atoms with Crippen LogP contribution in [0.1, 0.15) is 11.1 Å². The molecule has 2 aliphatic carbocycles. The van der Waals surface area contributed by atoms with Crippen molar-refractivity contribution in [1.82, 2.24) is 0 Å². The third-order valence-electron chi connectivity index (χ3n) is 4.89. The molecule has 2 atom stereocenters. The van der Waals surface area contributed by atoms with E-state index < -0.39 is 16.2 Å². The Hall–Kier alpha value is -1.90. The Labute approximate surface area is 143 Å². The second-order valence-corrected chi connectivity index (χ2v) is 6.91. The number of hydrogen-bond donors (Lipinski definition) is 0. The van der Waals surface area contributed by atoms with Crippen molar-refractivity contribution in [1.29, 1.82) is 0 Å². The molecular formula is C19H12Cl2O2. The van der Waals surface area contributed by atoms with Crippen LogP contribution in [-0.4, -0.2) is 16.4 Å². The van der Waals surface area contributed by atoms with E-state index in [0.29, 0.717) is 0 Å². The van der Waals surface area contributed by atoms with Gasteiger partial charge in [0.2, 0.25) is 0 Å². The number of carbonyl (C=O) groups is 2. The molecule has 4 heteroatoms. The Kier molecular flexibility index (Phi) is 3.06. The Morgan fingerprint density at radius 2 is 1.30 bits per heavy atom. The molecule has 2 aliphatic rings. The van der Waals surface area contributed by atoms with Crippen LogP contribution in [0.4, 0.5) is 0 Å². The van der Waals surface area contributed by atoms with Crippen molar-refractivity contribution in [2.24, 2.45) is 5.92 Å². The lowest BCUT2D eigenvalue weighted by atomic mass is 9.83. The van der Waals surface area contributed by atoms with Gasteiger partial charge in [-0.2, -0.15) is 0 Å². The maximum Gasteiger partial charge on any atom is 0.180 e. The monoisotopic (exact) mass is 342 g/mol. The highest BCUT2D eigenvalue weighted by Gasteiger charge is 2.84. The summed E-state index contributed by atoms with van der Waals surface area (Å²) in [4.78, 5) is 24.0. The van der Waals surface area contributed by atoms with Crippen molar-refractivity contribution in [2.45, 2.75) is 10.3 Å². The number of ketones is 2. The van der Waals surface area contributed by atoms with Crippen LogP contribution in [0.5, 0.6) is 0 Å². The summed E-state index contributed by atoms with van der Waals surface area (Å²) in [5.74, 6) is -1.25. The third-order valence-corrected chi connectivity index (χ3v) is 5.89. The van der Waals surface area contributed by atoms with Crippen LogP contribution in [-0.2, 0) is 15.0 Å². The van der Waals surface area contributed by atoms with Gasteiger partial charge in [0.05, 0.1) is 16.4 Å². The summed E-state index contributed by atoms with van der Waals surface area (Å²) in [5, 5.41) is -0.0370. The van der Waals surface area contributed by atoms with E-state index >= 15 is 0 Å². The highest BCUT2D eigenvalue weighted by atomic mass is 35.5. The molecule has 4 rings (SSSR count). The Morgan fingerprint density at radius 1 is 0.826 bits per heavy atom. The van der Waals surface area contributed by atoms with Crippen LogP contribution in [0.25, 0.3) is 0 Å². The molecule has 0 heterocycles. The number of alkyl halides is 1. The standard InChI is InChI=1S/C19H12Cl2O2/c20-14-11-15(22)19(21)17(16(14)23)18(19,12-7-3-1-4-8-12)13-9-5-2-6-10-13/h1-11,17H. The Balaban J connectivity index is 2.02. The third kappa shape index (κ3) is 1.65. The molecule has 1 saturated carbocycles. The van der Waals surface area contributed by atoms with Crippen LogP contribution in [0.2, 0.25) is 0 Å². The Morgan fingerprint density at radius 3 is 1.78 bits per heavy atom. The molecule has 2 unspecified atom stereocenters. The average molecular weight is 343 g/mol. The predicted molar refractivity (Wildman–Crippen MR) is 89.7 cm³/mol. The van der Waals surface area contributed by atoms with Gasteiger partial charge in [0.25, 0.3) is 0 Å². The van der Waals surface area contributed by atoms with Crippen molar-refractivity contribution >= 4 is 34.8 Å². The average Bonchev–Trinajstić information content (AvgIpc) is 3.18.